The fraction of sp³-hybridized carbons (Fsp3) is 0.333. The second kappa shape index (κ2) is 4.76. The van der Waals surface area contributed by atoms with Gasteiger partial charge in [-0.05, 0) is 12.1 Å². The Morgan fingerprint density at radius 1 is 1.29 bits per heavy atom. The molecule has 5 heteroatoms. The molecule has 0 unspecified atom stereocenters. The molecule has 0 aliphatic carbocycles. The van der Waals surface area contributed by atoms with E-state index in [0.29, 0.717) is 6.61 Å². The van der Waals surface area contributed by atoms with Crippen LogP contribution >= 0.6 is 0 Å². The number of phenolic OH excluding ortho intramolecular Hbond substituents is 1. The smallest absolute Gasteiger partial charge is 0.204 e. The van der Waals surface area contributed by atoms with Crippen molar-refractivity contribution in [1.29, 1.82) is 0 Å². The summed E-state index contributed by atoms with van der Waals surface area (Å²) in [5.74, 6) is -3.33. The fourth-order valence-corrected chi connectivity index (χ4v) is 0.874. The highest BCUT2D eigenvalue weighted by Gasteiger charge is 2.12. The van der Waals surface area contributed by atoms with Gasteiger partial charge < -0.3 is 14.6 Å². The van der Waals surface area contributed by atoms with Crippen molar-refractivity contribution in [3.63, 3.8) is 0 Å². The molecule has 0 fully saturated rings. The van der Waals surface area contributed by atoms with Gasteiger partial charge in [0.1, 0.15) is 6.61 Å². The third-order valence-electron chi connectivity index (χ3n) is 1.58. The van der Waals surface area contributed by atoms with Crippen LogP contribution in [0.4, 0.5) is 8.78 Å². The molecule has 1 aromatic rings. The van der Waals surface area contributed by atoms with E-state index in [4.69, 9.17) is 9.84 Å². The van der Waals surface area contributed by atoms with Gasteiger partial charge in [0.25, 0.3) is 0 Å². The molecule has 0 aliphatic rings. The number of hydrogen-bond donors (Lipinski definition) is 1. The molecule has 0 saturated carbocycles. The summed E-state index contributed by atoms with van der Waals surface area (Å²) in [6.45, 7) is 0.466. The zero-order valence-corrected chi connectivity index (χ0v) is 7.59. The van der Waals surface area contributed by atoms with Gasteiger partial charge in [-0.25, -0.2) is 4.39 Å². The van der Waals surface area contributed by atoms with Gasteiger partial charge in [-0.15, -0.1) is 0 Å². The first-order valence-corrected chi connectivity index (χ1v) is 3.95. The van der Waals surface area contributed by atoms with Crippen LogP contribution in [-0.4, -0.2) is 25.4 Å². The molecule has 1 rings (SSSR count). The number of methoxy groups -OCH3 is 1. The Morgan fingerprint density at radius 3 is 2.64 bits per heavy atom. The van der Waals surface area contributed by atoms with Crippen molar-refractivity contribution in [1.82, 2.24) is 0 Å². The van der Waals surface area contributed by atoms with Crippen LogP contribution < -0.4 is 4.74 Å². The highest BCUT2D eigenvalue weighted by molar-refractivity contribution is 5.40. The summed E-state index contributed by atoms with van der Waals surface area (Å²) < 4.78 is 34.9. The van der Waals surface area contributed by atoms with Crippen LogP contribution in [0.15, 0.2) is 12.1 Å². The van der Waals surface area contributed by atoms with E-state index in [1.165, 1.54) is 7.11 Å². The fourth-order valence-electron chi connectivity index (χ4n) is 0.874. The lowest BCUT2D eigenvalue weighted by molar-refractivity contribution is 0.143. The van der Waals surface area contributed by atoms with Crippen LogP contribution in [0, 0.1) is 11.6 Å². The first kappa shape index (κ1) is 10.7. The molecule has 0 atom stereocenters. The monoisotopic (exact) mass is 204 g/mol. The van der Waals surface area contributed by atoms with Crippen LogP contribution in [0.3, 0.4) is 0 Å². The maximum absolute atomic E-state index is 12.8. The van der Waals surface area contributed by atoms with Crippen LogP contribution in [0.2, 0.25) is 0 Å². The van der Waals surface area contributed by atoms with E-state index in [0.717, 1.165) is 12.1 Å². The lowest BCUT2D eigenvalue weighted by Gasteiger charge is -2.07. The van der Waals surface area contributed by atoms with Gasteiger partial charge in [0.2, 0.25) is 5.82 Å². The van der Waals surface area contributed by atoms with Gasteiger partial charge in [-0.3, -0.25) is 0 Å². The highest BCUT2D eigenvalue weighted by Crippen LogP contribution is 2.30. The summed E-state index contributed by atoms with van der Waals surface area (Å²) in [6.07, 6.45) is 0. The van der Waals surface area contributed by atoms with E-state index >= 15 is 0 Å². The molecular formula is C9H10F2O3. The number of hydrogen-bond acceptors (Lipinski definition) is 3. The van der Waals surface area contributed by atoms with Crippen LogP contribution in [0.25, 0.3) is 0 Å². The summed E-state index contributed by atoms with van der Waals surface area (Å²) in [5.41, 5.74) is 0. The Kier molecular flexibility index (Phi) is 3.64. The lowest BCUT2D eigenvalue weighted by atomic mass is 10.3. The maximum Gasteiger partial charge on any atom is 0.204 e. The summed E-state index contributed by atoms with van der Waals surface area (Å²) >= 11 is 0. The van der Waals surface area contributed by atoms with Gasteiger partial charge in [0, 0.05) is 7.11 Å². The molecule has 3 nitrogen and oxygen atoms in total. The molecule has 0 aliphatic heterocycles. The Labute approximate surface area is 79.9 Å². The zero-order chi connectivity index (χ0) is 10.6. The predicted molar refractivity (Wildman–Crippen MR) is 45.4 cm³/mol. The minimum Gasteiger partial charge on any atom is -0.502 e. The minimum absolute atomic E-state index is 0.0963. The molecular weight excluding hydrogens is 194 g/mol. The van der Waals surface area contributed by atoms with Crippen molar-refractivity contribution in [3.8, 4) is 11.5 Å². The number of halogens is 2. The average Bonchev–Trinajstić information content (AvgIpc) is 2.18. The third kappa shape index (κ3) is 2.32. The van der Waals surface area contributed by atoms with E-state index in [1.54, 1.807) is 0 Å². The molecule has 0 spiro atoms. The Hall–Kier alpha value is -1.36. The molecule has 1 aromatic carbocycles. The van der Waals surface area contributed by atoms with Crippen molar-refractivity contribution < 1.29 is 23.4 Å². The summed E-state index contributed by atoms with van der Waals surface area (Å²) in [7, 11) is 1.48. The molecule has 0 radical (unpaired) electrons. The average molecular weight is 204 g/mol. The van der Waals surface area contributed by atoms with Crippen LogP contribution in [0.1, 0.15) is 0 Å². The first-order valence-electron chi connectivity index (χ1n) is 3.95. The molecule has 0 aromatic heterocycles. The number of benzene rings is 1. The van der Waals surface area contributed by atoms with Gasteiger partial charge in [-0.2, -0.15) is 4.39 Å². The second-order valence-electron chi connectivity index (χ2n) is 2.55. The number of phenols is 1. The van der Waals surface area contributed by atoms with Crippen LogP contribution in [0.5, 0.6) is 11.5 Å². The summed E-state index contributed by atoms with van der Waals surface area (Å²) in [5, 5.41) is 9.10. The Bertz CT molecular complexity index is 315. The molecule has 0 amide bonds. The van der Waals surface area contributed by atoms with E-state index in [-0.39, 0.29) is 12.4 Å². The number of aromatic hydroxyl groups is 1. The van der Waals surface area contributed by atoms with Crippen molar-refractivity contribution in [2.45, 2.75) is 0 Å². The Morgan fingerprint density at radius 2 is 2.00 bits per heavy atom. The lowest BCUT2D eigenvalue weighted by Crippen LogP contribution is -2.04. The molecule has 78 valence electrons. The number of rotatable bonds is 4. The molecule has 0 heterocycles. The normalized spacial score (nSPS) is 10.2. The SMILES string of the molecule is COCCOc1ccc(F)c(F)c1O. The Balaban J connectivity index is 2.73. The zero-order valence-electron chi connectivity index (χ0n) is 7.59. The topological polar surface area (TPSA) is 38.7 Å². The highest BCUT2D eigenvalue weighted by atomic mass is 19.2. The second-order valence-corrected chi connectivity index (χ2v) is 2.55. The van der Waals surface area contributed by atoms with E-state index in [2.05, 4.69) is 4.74 Å². The van der Waals surface area contributed by atoms with Crippen LogP contribution in [-0.2, 0) is 4.74 Å². The van der Waals surface area contributed by atoms with E-state index < -0.39 is 17.4 Å². The van der Waals surface area contributed by atoms with Crippen molar-refractivity contribution >= 4 is 0 Å². The number of ether oxygens (including phenoxy) is 2. The van der Waals surface area contributed by atoms with E-state index in [1.807, 2.05) is 0 Å². The minimum atomic E-state index is -1.31. The van der Waals surface area contributed by atoms with Crippen molar-refractivity contribution in [2.75, 3.05) is 20.3 Å². The third-order valence-corrected chi connectivity index (χ3v) is 1.58. The van der Waals surface area contributed by atoms with Gasteiger partial charge in [-0.1, -0.05) is 0 Å². The quantitative estimate of drug-likeness (QED) is 0.758. The van der Waals surface area contributed by atoms with E-state index in [9.17, 15) is 8.78 Å². The molecule has 14 heavy (non-hydrogen) atoms. The van der Waals surface area contributed by atoms with Crippen molar-refractivity contribution in [2.24, 2.45) is 0 Å². The van der Waals surface area contributed by atoms with Gasteiger partial charge in [0.05, 0.1) is 6.61 Å². The first-order chi connectivity index (χ1) is 6.66. The van der Waals surface area contributed by atoms with Gasteiger partial charge >= 0.3 is 0 Å². The predicted octanol–water partition coefficient (Wildman–Crippen LogP) is 1.70. The largest absolute Gasteiger partial charge is 0.502 e. The van der Waals surface area contributed by atoms with Gasteiger partial charge in [0.15, 0.2) is 17.3 Å². The summed E-state index contributed by atoms with van der Waals surface area (Å²) in [4.78, 5) is 0. The summed E-state index contributed by atoms with van der Waals surface area (Å²) in [6, 6.07) is 2.04. The van der Waals surface area contributed by atoms with Crippen molar-refractivity contribution in [3.05, 3.63) is 23.8 Å². The maximum atomic E-state index is 12.8. The molecule has 1 N–H and O–H groups in total. The molecule has 0 bridgehead atoms. The standard InChI is InChI=1S/C9H10F2O3/c1-13-4-5-14-7-3-2-6(10)8(11)9(7)12/h2-3,12H,4-5H2,1H3. The molecule has 0 saturated heterocycles.